The molecule has 0 aromatic heterocycles. The Morgan fingerprint density at radius 1 is 0.353 bits per heavy atom. The molecule has 2 atom stereocenters. The van der Waals surface area contributed by atoms with Gasteiger partial charge in [-0.15, -0.1) is 0 Å². The van der Waals surface area contributed by atoms with Gasteiger partial charge in [0.1, 0.15) is 6.61 Å². The quantitative estimate of drug-likeness (QED) is 0.0264. The maximum atomic E-state index is 12.7. The van der Waals surface area contributed by atoms with Crippen LogP contribution in [0.15, 0.2) is 194 Å². The first-order chi connectivity index (χ1) is 41.8. The molecule has 0 aromatic rings. The second-order valence-electron chi connectivity index (χ2n) is 20.9. The number of phosphoric ester groups is 1. The van der Waals surface area contributed by atoms with Crippen LogP contribution in [0.2, 0.25) is 0 Å². The Morgan fingerprint density at radius 2 is 0.612 bits per heavy atom. The lowest BCUT2D eigenvalue weighted by molar-refractivity contribution is -0.161. The summed E-state index contributed by atoms with van der Waals surface area (Å²) >= 11 is 0. The second-order valence-corrected chi connectivity index (χ2v) is 22.3. The van der Waals surface area contributed by atoms with E-state index in [1.54, 1.807) is 0 Å². The number of unbranched alkanes of at least 4 members (excludes halogenated alkanes) is 14. The zero-order valence-electron chi connectivity index (χ0n) is 53.3. The van der Waals surface area contributed by atoms with Crippen LogP contribution in [-0.2, 0) is 32.7 Å². The van der Waals surface area contributed by atoms with Gasteiger partial charge in [-0.3, -0.25) is 18.6 Å². The van der Waals surface area contributed by atoms with Crippen LogP contribution in [0, 0.1) is 0 Å². The summed E-state index contributed by atoms with van der Waals surface area (Å²) in [6, 6.07) is 0. The van der Waals surface area contributed by atoms with Gasteiger partial charge in [0.2, 0.25) is 0 Å². The van der Waals surface area contributed by atoms with E-state index in [-0.39, 0.29) is 32.6 Å². The fourth-order valence-corrected chi connectivity index (χ4v) is 8.96. The molecule has 0 heterocycles. The van der Waals surface area contributed by atoms with E-state index in [2.05, 4.69) is 208 Å². The predicted octanol–water partition coefficient (Wildman–Crippen LogP) is 21.7. The fourth-order valence-electron chi connectivity index (χ4n) is 8.20. The average molecular weight is 1190 g/mol. The lowest BCUT2D eigenvalue weighted by atomic mass is 10.0. The highest BCUT2D eigenvalue weighted by Crippen LogP contribution is 2.43. The van der Waals surface area contributed by atoms with Crippen molar-refractivity contribution in [1.82, 2.24) is 0 Å². The third kappa shape index (κ3) is 67.8. The molecule has 2 unspecified atom stereocenters. The molecule has 0 aliphatic carbocycles. The van der Waals surface area contributed by atoms with Crippen molar-refractivity contribution < 1.29 is 37.6 Å². The first-order valence-electron chi connectivity index (χ1n) is 32.9. The Balaban J connectivity index is 4.08. The molecule has 0 spiro atoms. The molecule has 0 fully saturated rings. The van der Waals surface area contributed by atoms with Crippen LogP contribution in [0.25, 0.3) is 0 Å². The van der Waals surface area contributed by atoms with Gasteiger partial charge in [0.05, 0.1) is 13.2 Å². The molecule has 10 heteroatoms. The molecular formula is C75H118NO8P. The van der Waals surface area contributed by atoms with E-state index < -0.39 is 32.5 Å². The number of carbonyl (C=O) groups is 2. The van der Waals surface area contributed by atoms with Gasteiger partial charge in [0.15, 0.2) is 6.10 Å². The number of hydrogen-bond donors (Lipinski definition) is 2. The highest BCUT2D eigenvalue weighted by atomic mass is 31.2. The first-order valence-corrected chi connectivity index (χ1v) is 34.4. The maximum absolute atomic E-state index is 12.7. The first kappa shape index (κ1) is 79.8. The largest absolute Gasteiger partial charge is 0.472 e. The van der Waals surface area contributed by atoms with Crippen LogP contribution >= 0.6 is 7.82 Å². The van der Waals surface area contributed by atoms with Crippen LogP contribution in [-0.4, -0.2) is 49.3 Å². The number of allylic oxidation sites excluding steroid dienone is 32. The molecule has 0 saturated carbocycles. The maximum Gasteiger partial charge on any atom is 0.472 e. The van der Waals surface area contributed by atoms with Crippen LogP contribution in [0.3, 0.4) is 0 Å². The van der Waals surface area contributed by atoms with E-state index in [1.807, 2.05) is 0 Å². The summed E-state index contributed by atoms with van der Waals surface area (Å²) in [5.74, 6) is -0.895. The Hall–Kier alpha value is -5.15. The lowest BCUT2D eigenvalue weighted by Gasteiger charge is -2.19. The zero-order valence-corrected chi connectivity index (χ0v) is 54.1. The Morgan fingerprint density at radius 3 is 0.929 bits per heavy atom. The van der Waals surface area contributed by atoms with Gasteiger partial charge in [-0.25, -0.2) is 4.57 Å². The average Bonchev–Trinajstić information content (AvgIpc) is 3.52. The van der Waals surface area contributed by atoms with Crippen molar-refractivity contribution in [2.75, 3.05) is 26.4 Å². The van der Waals surface area contributed by atoms with Gasteiger partial charge in [0, 0.05) is 19.4 Å². The molecule has 3 N–H and O–H groups in total. The van der Waals surface area contributed by atoms with Gasteiger partial charge >= 0.3 is 19.8 Å². The minimum Gasteiger partial charge on any atom is -0.462 e. The summed E-state index contributed by atoms with van der Waals surface area (Å²) in [4.78, 5) is 35.3. The summed E-state index contributed by atoms with van der Waals surface area (Å²) in [6.45, 7) is 3.44. The standard InChI is InChI=1S/C75H118NO8P/c1-3-5-7-9-11-13-15-17-19-21-23-25-27-29-31-33-35-36-38-40-42-44-46-48-50-52-54-56-58-60-62-64-66-68-75(78)84-73(72-83-85(79,80)82-70-69-76)71-81-74(77)67-65-63-61-59-57-55-53-51-49-47-45-43-41-39-37-34-32-30-28-26-24-22-20-18-16-14-12-10-8-6-4-2/h5-8,11-14,17-20,23-26,29-32,35-37,39-40,42,46,48,52,54,58,60,73H,3-4,9-10,15-16,21-22,27-28,33-34,38,41,43-45,47,49-51,53,55-57,59,61-72,76H2,1-2H3,(H,79,80)/b7-5-,8-6-,13-11-,14-12-,19-17-,20-18-,25-23-,26-24-,31-29-,32-30-,36-35-,39-37-,42-40-,48-46-,54-52-,60-58-. The molecule has 0 aliphatic heterocycles. The van der Waals surface area contributed by atoms with Crippen LogP contribution in [0.5, 0.6) is 0 Å². The Bertz CT molecular complexity index is 2090. The zero-order chi connectivity index (χ0) is 61.6. The monoisotopic (exact) mass is 1190 g/mol. The molecule has 476 valence electrons. The third-order valence-corrected chi connectivity index (χ3v) is 14.0. The molecule has 0 saturated heterocycles. The highest BCUT2D eigenvalue weighted by molar-refractivity contribution is 7.47. The van der Waals surface area contributed by atoms with Gasteiger partial charge in [-0.2, -0.15) is 0 Å². The molecule has 0 radical (unpaired) electrons. The van der Waals surface area contributed by atoms with E-state index in [0.717, 1.165) is 135 Å². The molecular weight excluding hydrogens is 1070 g/mol. The lowest BCUT2D eigenvalue weighted by Crippen LogP contribution is -2.29. The van der Waals surface area contributed by atoms with E-state index in [1.165, 1.54) is 57.8 Å². The minimum atomic E-state index is -4.42. The predicted molar refractivity (Wildman–Crippen MR) is 366 cm³/mol. The summed E-state index contributed by atoms with van der Waals surface area (Å²) < 4.78 is 33.1. The number of nitrogens with two attached hydrogens (primary N) is 1. The van der Waals surface area contributed by atoms with Crippen molar-refractivity contribution in [3.05, 3.63) is 194 Å². The molecule has 0 aromatic carbocycles. The van der Waals surface area contributed by atoms with Crippen molar-refractivity contribution in [2.45, 2.75) is 238 Å². The Kier molecular flexibility index (Phi) is 63.9. The van der Waals surface area contributed by atoms with Crippen molar-refractivity contribution in [2.24, 2.45) is 5.73 Å². The number of phosphoric acid groups is 1. The SMILES string of the molecule is CC/C=C\C/C=C\C/C=C\C/C=C\C/C=C\C/C=C\C/C=C\C/C=C\C/C=C\C/C=C\CCCCC(=O)OC(COC(=O)CCCCCCCCCCCCCC/C=C\C/C=C\C/C=C\C/C=C\C/C=C\C/C=C\CC)COP(=O)(O)OCCN. The number of rotatable bonds is 59. The van der Waals surface area contributed by atoms with Crippen LogP contribution in [0.4, 0.5) is 0 Å². The van der Waals surface area contributed by atoms with Gasteiger partial charge in [-0.05, 0) is 141 Å². The summed E-state index contributed by atoms with van der Waals surface area (Å²) in [6.07, 6.45) is 104. The molecule has 85 heavy (non-hydrogen) atoms. The van der Waals surface area contributed by atoms with E-state index in [9.17, 15) is 19.0 Å². The molecule has 0 aliphatic rings. The summed E-state index contributed by atoms with van der Waals surface area (Å²) in [7, 11) is -4.42. The van der Waals surface area contributed by atoms with Crippen molar-refractivity contribution in [3.63, 3.8) is 0 Å². The smallest absolute Gasteiger partial charge is 0.462 e. The third-order valence-electron chi connectivity index (χ3n) is 13.0. The molecule has 9 nitrogen and oxygen atoms in total. The van der Waals surface area contributed by atoms with Crippen molar-refractivity contribution >= 4 is 19.8 Å². The van der Waals surface area contributed by atoms with Crippen LogP contribution < -0.4 is 5.73 Å². The van der Waals surface area contributed by atoms with Crippen molar-refractivity contribution in [1.29, 1.82) is 0 Å². The summed E-state index contributed by atoms with van der Waals surface area (Å²) in [5.41, 5.74) is 5.39. The molecule has 0 amide bonds. The number of carbonyl (C=O) groups excluding carboxylic acids is 2. The highest BCUT2D eigenvalue weighted by Gasteiger charge is 2.26. The Labute approximate surface area is 519 Å². The van der Waals surface area contributed by atoms with E-state index in [0.29, 0.717) is 12.8 Å². The number of hydrogen-bond acceptors (Lipinski definition) is 8. The summed E-state index contributed by atoms with van der Waals surface area (Å²) in [5, 5.41) is 0. The van der Waals surface area contributed by atoms with Gasteiger partial charge in [-0.1, -0.05) is 272 Å². The van der Waals surface area contributed by atoms with Gasteiger partial charge in [0.25, 0.3) is 0 Å². The molecule has 0 bridgehead atoms. The normalized spacial score (nSPS) is 14.3. The fraction of sp³-hybridized carbons (Fsp3) is 0.547. The van der Waals surface area contributed by atoms with Crippen molar-refractivity contribution in [3.8, 4) is 0 Å². The minimum absolute atomic E-state index is 0.0352. The number of ether oxygens (including phenoxy) is 2. The van der Waals surface area contributed by atoms with Crippen LogP contribution in [0.1, 0.15) is 232 Å². The molecule has 0 rings (SSSR count). The van der Waals surface area contributed by atoms with E-state index >= 15 is 0 Å². The second kappa shape index (κ2) is 68.0. The van der Waals surface area contributed by atoms with Gasteiger partial charge < -0.3 is 20.1 Å². The number of esters is 2. The van der Waals surface area contributed by atoms with E-state index in [4.69, 9.17) is 24.3 Å². The topological polar surface area (TPSA) is 134 Å².